The number of benzene rings is 2. The van der Waals surface area contributed by atoms with Gasteiger partial charge in [0.2, 0.25) is 5.82 Å². The molecule has 2 aliphatic rings. The Morgan fingerprint density at radius 1 is 1.11 bits per heavy atom. The maximum absolute atomic E-state index is 13.4. The zero-order valence-corrected chi connectivity index (χ0v) is 18.8. The van der Waals surface area contributed by atoms with E-state index in [-0.39, 0.29) is 11.7 Å². The number of carbonyl (C=O) groups excluding carboxylic acids is 1. The van der Waals surface area contributed by atoms with Crippen molar-refractivity contribution in [1.82, 2.24) is 25.5 Å². The molecule has 0 unspecified atom stereocenters. The number of nitrogens with zero attached hydrogens (tertiary/aromatic N) is 6. The van der Waals surface area contributed by atoms with Crippen LogP contribution in [0, 0.1) is 6.92 Å². The van der Waals surface area contributed by atoms with E-state index in [2.05, 4.69) is 20.6 Å². The van der Waals surface area contributed by atoms with E-state index in [0.29, 0.717) is 44.3 Å². The number of halogens is 3. The summed E-state index contributed by atoms with van der Waals surface area (Å²) >= 11 is 0. The van der Waals surface area contributed by atoms with Crippen LogP contribution in [0.2, 0.25) is 0 Å². The molecule has 1 fully saturated rings. The Kier molecular flexibility index (Phi) is 5.89. The zero-order valence-electron chi connectivity index (χ0n) is 18.8. The predicted octanol–water partition coefficient (Wildman–Crippen LogP) is 3.80. The van der Waals surface area contributed by atoms with Gasteiger partial charge in [-0.1, -0.05) is 12.1 Å². The molecule has 0 saturated carbocycles. The number of alkyl halides is 3. The monoisotopic (exact) mass is 485 g/mol. The van der Waals surface area contributed by atoms with Crippen LogP contribution in [0.1, 0.15) is 22.5 Å². The number of anilines is 2. The molecule has 0 aliphatic carbocycles. The average Bonchev–Trinajstić information content (AvgIpc) is 3.52. The predicted molar refractivity (Wildman–Crippen MR) is 121 cm³/mol. The molecule has 1 saturated heterocycles. The van der Waals surface area contributed by atoms with Crippen molar-refractivity contribution >= 4 is 23.0 Å². The van der Waals surface area contributed by atoms with Crippen molar-refractivity contribution in [3.8, 4) is 0 Å². The van der Waals surface area contributed by atoms with Crippen molar-refractivity contribution in [3.05, 3.63) is 71.2 Å². The first kappa shape index (κ1) is 22.8. The van der Waals surface area contributed by atoms with Crippen molar-refractivity contribution in [1.29, 1.82) is 0 Å². The van der Waals surface area contributed by atoms with Gasteiger partial charge in [-0.05, 0) is 53.6 Å². The molecule has 12 heteroatoms. The molecule has 0 atom stereocenters. The normalized spacial score (nSPS) is 17.0. The first-order chi connectivity index (χ1) is 16.8. The minimum Gasteiger partial charge on any atom is -0.447 e. The summed E-state index contributed by atoms with van der Waals surface area (Å²) in [5.74, 6) is 0.414. The summed E-state index contributed by atoms with van der Waals surface area (Å²) in [5.41, 5.74) is 2.51. The fraction of sp³-hybridized carbons (Fsp3) is 0.304. The number of tetrazole rings is 1. The van der Waals surface area contributed by atoms with Crippen molar-refractivity contribution < 1.29 is 22.7 Å². The summed E-state index contributed by atoms with van der Waals surface area (Å²) in [7, 11) is 0. The molecule has 3 aromatic rings. The van der Waals surface area contributed by atoms with Gasteiger partial charge in [0, 0.05) is 36.2 Å². The van der Waals surface area contributed by atoms with E-state index in [9.17, 15) is 18.0 Å². The van der Waals surface area contributed by atoms with E-state index in [1.165, 1.54) is 13.0 Å². The van der Waals surface area contributed by atoms with Gasteiger partial charge < -0.3 is 9.64 Å². The van der Waals surface area contributed by atoms with E-state index in [4.69, 9.17) is 4.74 Å². The third-order valence-electron chi connectivity index (χ3n) is 6.09. The van der Waals surface area contributed by atoms with Crippen LogP contribution in [0.25, 0.3) is 5.57 Å². The maximum Gasteiger partial charge on any atom is 0.416 e. The second-order valence-corrected chi connectivity index (χ2v) is 8.36. The highest BCUT2D eigenvalue weighted by atomic mass is 19.4. The number of hydrogen-bond donors (Lipinski definition) is 1. The van der Waals surface area contributed by atoms with Gasteiger partial charge in [-0.25, -0.2) is 4.79 Å². The first-order valence-electron chi connectivity index (χ1n) is 10.9. The van der Waals surface area contributed by atoms with Gasteiger partial charge in [0.05, 0.1) is 18.8 Å². The molecule has 182 valence electrons. The third-order valence-corrected chi connectivity index (χ3v) is 6.09. The second kappa shape index (κ2) is 9.02. The molecule has 1 aromatic heterocycles. The summed E-state index contributed by atoms with van der Waals surface area (Å²) in [6.45, 7) is 3.52. The molecule has 0 radical (unpaired) electrons. The number of rotatable bonds is 5. The van der Waals surface area contributed by atoms with Crippen LogP contribution in [0.15, 0.2) is 48.7 Å². The minimum atomic E-state index is -4.41. The van der Waals surface area contributed by atoms with Gasteiger partial charge in [0.1, 0.15) is 6.61 Å². The Bertz CT molecular complexity index is 1240. The van der Waals surface area contributed by atoms with Crippen LogP contribution in [0.3, 0.4) is 0 Å². The topological polar surface area (TPSA) is 90.5 Å². The Hall–Kier alpha value is -3.93. The Balaban J connectivity index is 1.42. The van der Waals surface area contributed by atoms with Gasteiger partial charge in [0.25, 0.3) is 0 Å². The van der Waals surface area contributed by atoms with Crippen LogP contribution in [-0.4, -0.2) is 58.0 Å². The van der Waals surface area contributed by atoms with E-state index in [1.54, 1.807) is 11.0 Å². The molecule has 9 nitrogen and oxygen atoms in total. The van der Waals surface area contributed by atoms with Gasteiger partial charge >= 0.3 is 12.3 Å². The summed E-state index contributed by atoms with van der Waals surface area (Å²) in [6.07, 6.45) is -2.88. The molecule has 5 rings (SSSR count). The van der Waals surface area contributed by atoms with Crippen molar-refractivity contribution in [2.45, 2.75) is 19.6 Å². The number of carbonyl (C=O) groups is 1. The van der Waals surface area contributed by atoms with Crippen LogP contribution >= 0.6 is 0 Å². The lowest BCUT2D eigenvalue weighted by atomic mass is 10.0. The van der Waals surface area contributed by atoms with Gasteiger partial charge in [-0.15, -0.1) is 10.2 Å². The van der Waals surface area contributed by atoms with Crippen molar-refractivity contribution in [2.75, 3.05) is 36.2 Å². The number of ether oxygens (including phenoxy) is 1. The maximum atomic E-state index is 13.4. The number of aromatic amines is 1. The lowest BCUT2D eigenvalue weighted by molar-refractivity contribution is -0.138. The van der Waals surface area contributed by atoms with E-state index in [0.717, 1.165) is 23.0 Å². The average molecular weight is 485 g/mol. The Morgan fingerprint density at radius 2 is 1.89 bits per heavy atom. The lowest BCUT2D eigenvalue weighted by Crippen LogP contribution is -2.40. The second-order valence-electron chi connectivity index (χ2n) is 8.36. The number of H-pyrrole nitrogens is 1. The Morgan fingerprint density at radius 3 is 2.54 bits per heavy atom. The number of cyclic esters (lactones) is 1. The van der Waals surface area contributed by atoms with Gasteiger partial charge in [-0.3, -0.25) is 9.80 Å². The van der Waals surface area contributed by atoms with Crippen LogP contribution in [-0.2, 0) is 17.5 Å². The largest absolute Gasteiger partial charge is 0.447 e. The molecule has 35 heavy (non-hydrogen) atoms. The van der Waals surface area contributed by atoms with Crippen molar-refractivity contribution in [3.63, 3.8) is 0 Å². The van der Waals surface area contributed by atoms with E-state index < -0.39 is 11.7 Å². The highest BCUT2D eigenvalue weighted by Gasteiger charge is 2.33. The number of hydrogen-bond acceptors (Lipinski definition) is 7. The van der Waals surface area contributed by atoms with Crippen LogP contribution < -0.4 is 9.80 Å². The zero-order chi connectivity index (χ0) is 24.6. The highest BCUT2D eigenvalue weighted by molar-refractivity contribution is 5.89. The fourth-order valence-electron chi connectivity index (χ4n) is 4.32. The summed E-state index contributed by atoms with van der Waals surface area (Å²) in [4.78, 5) is 17.4. The minimum absolute atomic E-state index is 0.212. The SMILES string of the molecule is Cc1c(CN2CC(c3nn[nH]n3)=CN(c3ccc(N4CCOC4=O)cc3)C2)cccc1C(F)(F)F. The van der Waals surface area contributed by atoms with Crippen LogP contribution in [0.5, 0.6) is 0 Å². The third kappa shape index (κ3) is 4.69. The molecular formula is C23H22F3N7O2. The molecule has 0 spiro atoms. The smallest absolute Gasteiger partial charge is 0.416 e. The van der Waals surface area contributed by atoms with Gasteiger partial charge in [0.15, 0.2) is 0 Å². The number of nitrogens with one attached hydrogen (secondary N) is 1. The van der Waals surface area contributed by atoms with E-state index in [1.807, 2.05) is 40.3 Å². The molecule has 2 aliphatic heterocycles. The quantitative estimate of drug-likeness (QED) is 0.588. The number of aromatic nitrogens is 4. The Labute approximate surface area is 198 Å². The molecule has 1 amide bonds. The summed E-state index contributed by atoms with van der Waals surface area (Å²) in [5, 5.41) is 14.2. The van der Waals surface area contributed by atoms with Crippen molar-refractivity contribution in [2.24, 2.45) is 0 Å². The molecule has 0 bridgehead atoms. The first-order valence-corrected chi connectivity index (χ1v) is 10.9. The standard InChI is InChI=1S/C23H22F3N7O2/c1-15-16(3-2-4-20(15)23(24,25)26)11-31-12-17(21-27-29-30-28-21)13-32(14-31)18-5-7-19(8-6-18)33-9-10-35-22(33)34/h2-8,13H,9-12,14H2,1H3,(H,27,28,29,30). The molecule has 3 heterocycles. The molecule has 2 aromatic carbocycles. The molecular weight excluding hydrogens is 463 g/mol. The summed E-state index contributed by atoms with van der Waals surface area (Å²) in [6, 6.07) is 11.7. The lowest BCUT2D eigenvalue weighted by Gasteiger charge is -2.35. The fourth-order valence-corrected chi connectivity index (χ4v) is 4.32. The van der Waals surface area contributed by atoms with Crippen LogP contribution in [0.4, 0.5) is 29.3 Å². The highest BCUT2D eigenvalue weighted by Crippen LogP contribution is 2.34. The number of amides is 1. The van der Waals surface area contributed by atoms with Gasteiger partial charge in [-0.2, -0.15) is 18.4 Å². The van der Waals surface area contributed by atoms with E-state index >= 15 is 0 Å². The molecule has 1 N–H and O–H groups in total. The summed E-state index contributed by atoms with van der Waals surface area (Å²) < 4.78 is 45.3.